The van der Waals surface area contributed by atoms with Crippen LogP contribution in [0.15, 0.2) is 77.7 Å². The number of methoxy groups -OCH3 is 1. The third-order valence-corrected chi connectivity index (χ3v) is 8.32. The number of nitrogens with zero attached hydrogens (tertiary/aromatic N) is 1. The molecule has 0 aromatic heterocycles. The number of piperidine rings is 1. The SMILES string of the molecule is COc1ccc(C(C)C)cc1S(=O)(=O)N1CCC(C(=O)Nc2ccc(Oc3ccccc3)cc2)CC1. The van der Waals surface area contributed by atoms with E-state index in [9.17, 15) is 13.2 Å². The minimum absolute atomic E-state index is 0.108. The lowest BCUT2D eigenvalue weighted by molar-refractivity contribution is -0.120. The molecule has 3 aromatic rings. The van der Waals surface area contributed by atoms with E-state index in [1.165, 1.54) is 11.4 Å². The summed E-state index contributed by atoms with van der Waals surface area (Å²) >= 11 is 0. The van der Waals surface area contributed by atoms with E-state index in [1.807, 2.05) is 50.2 Å². The highest BCUT2D eigenvalue weighted by Crippen LogP contribution is 2.32. The molecule has 0 aliphatic carbocycles. The van der Waals surface area contributed by atoms with Gasteiger partial charge in [0.25, 0.3) is 0 Å². The third-order valence-electron chi connectivity index (χ3n) is 6.40. The summed E-state index contributed by atoms with van der Waals surface area (Å²) in [6.07, 6.45) is 0.902. The maximum Gasteiger partial charge on any atom is 0.246 e. The van der Waals surface area contributed by atoms with Gasteiger partial charge >= 0.3 is 0 Å². The first kappa shape index (κ1) is 25.7. The van der Waals surface area contributed by atoms with Crippen molar-refractivity contribution in [3.63, 3.8) is 0 Å². The maximum atomic E-state index is 13.4. The van der Waals surface area contributed by atoms with Crippen LogP contribution in [0.3, 0.4) is 0 Å². The van der Waals surface area contributed by atoms with Gasteiger partial charge in [-0.25, -0.2) is 8.42 Å². The molecule has 8 heteroatoms. The fraction of sp³-hybridized carbons (Fsp3) is 0.321. The predicted octanol–water partition coefficient (Wildman–Crippen LogP) is 5.65. The summed E-state index contributed by atoms with van der Waals surface area (Å²) < 4.78 is 39.4. The van der Waals surface area contributed by atoms with Gasteiger partial charge in [0, 0.05) is 24.7 Å². The van der Waals surface area contributed by atoms with Crippen molar-refractivity contribution in [1.29, 1.82) is 0 Å². The van der Waals surface area contributed by atoms with Crippen LogP contribution in [0.2, 0.25) is 0 Å². The van der Waals surface area contributed by atoms with Crippen LogP contribution >= 0.6 is 0 Å². The number of amides is 1. The Kier molecular flexibility index (Phi) is 7.96. The topological polar surface area (TPSA) is 84.9 Å². The standard InChI is InChI=1S/C28H32N2O5S/c1-20(2)22-9-14-26(34-3)27(19-22)36(32,33)30-17-15-21(16-18-30)28(31)29-23-10-12-25(13-11-23)35-24-7-5-4-6-8-24/h4-14,19-21H,15-18H2,1-3H3,(H,29,31). The summed E-state index contributed by atoms with van der Waals surface area (Å²) in [4.78, 5) is 13.0. The van der Waals surface area contributed by atoms with Gasteiger partial charge in [-0.15, -0.1) is 0 Å². The van der Waals surface area contributed by atoms with Crippen molar-refractivity contribution >= 4 is 21.6 Å². The summed E-state index contributed by atoms with van der Waals surface area (Å²) in [6, 6.07) is 22.0. The molecule has 3 aromatic carbocycles. The zero-order valence-electron chi connectivity index (χ0n) is 20.8. The van der Waals surface area contributed by atoms with Crippen LogP contribution in [0.25, 0.3) is 0 Å². The van der Waals surface area contributed by atoms with Crippen molar-refractivity contribution in [2.24, 2.45) is 5.92 Å². The lowest BCUT2D eigenvalue weighted by Gasteiger charge is -2.31. The van der Waals surface area contributed by atoms with Gasteiger partial charge in [-0.2, -0.15) is 4.31 Å². The molecule has 7 nitrogen and oxygen atoms in total. The second kappa shape index (κ2) is 11.1. The summed E-state index contributed by atoms with van der Waals surface area (Å²) in [6.45, 7) is 4.59. The van der Waals surface area contributed by atoms with Crippen LogP contribution < -0.4 is 14.8 Å². The molecule has 1 fully saturated rings. The highest BCUT2D eigenvalue weighted by molar-refractivity contribution is 7.89. The number of hydrogen-bond donors (Lipinski definition) is 1. The van der Waals surface area contributed by atoms with Crippen LogP contribution in [0, 0.1) is 5.92 Å². The predicted molar refractivity (Wildman–Crippen MR) is 140 cm³/mol. The molecule has 0 radical (unpaired) electrons. The zero-order chi connectivity index (χ0) is 25.7. The molecule has 1 N–H and O–H groups in total. The average Bonchev–Trinajstić information content (AvgIpc) is 2.90. The molecule has 1 heterocycles. The molecule has 0 unspecified atom stereocenters. The molecule has 1 amide bonds. The summed E-state index contributed by atoms with van der Waals surface area (Å²) in [5.41, 5.74) is 1.61. The first-order chi connectivity index (χ1) is 17.3. The molecular formula is C28H32N2O5S. The Morgan fingerprint density at radius 1 is 0.944 bits per heavy atom. The van der Waals surface area contributed by atoms with Crippen molar-refractivity contribution in [1.82, 2.24) is 4.31 Å². The lowest BCUT2D eigenvalue weighted by atomic mass is 9.97. The van der Waals surface area contributed by atoms with Crippen LogP contribution in [-0.4, -0.2) is 38.8 Å². The van der Waals surface area contributed by atoms with Crippen LogP contribution in [0.4, 0.5) is 5.69 Å². The molecule has 0 spiro atoms. The number of anilines is 1. The fourth-order valence-electron chi connectivity index (χ4n) is 4.23. The third kappa shape index (κ3) is 5.88. The molecule has 1 aliphatic heterocycles. The van der Waals surface area contributed by atoms with E-state index in [1.54, 1.807) is 36.4 Å². The number of hydrogen-bond acceptors (Lipinski definition) is 5. The van der Waals surface area contributed by atoms with Crippen molar-refractivity contribution in [2.75, 3.05) is 25.5 Å². The molecular weight excluding hydrogens is 476 g/mol. The normalized spacial score (nSPS) is 15.0. The summed E-state index contributed by atoms with van der Waals surface area (Å²) in [5, 5.41) is 2.94. The molecule has 1 aliphatic rings. The summed E-state index contributed by atoms with van der Waals surface area (Å²) in [5.74, 6) is 1.57. The van der Waals surface area contributed by atoms with E-state index >= 15 is 0 Å². The number of ether oxygens (including phenoxy) is 2. The smallest absolute Gasteiger partial charge is 0.246 e. The molecule has 0 saturated carbocycles. The monoisotopic (exact) mass is 508 g/mol. The number of rotatable bonds is 8. The van der Waals surface area contributed by atoms with E-state index in [0.29, 0.717) is 30.0 Å². The Balaban J connectivity index is 1.36. The van der Waals surface area contributed by atoms with Gasteiger partial charge in [-0.3, -0.25) is 4.79 Å². The summed E-state index contributed by atoms with van der Waals surface area (Å²) in [7, 11) is -2.26. The maximum absolute atomic E-state index is 13.4. The number of carbonyl (C=O) groups is 1. The Morgan fingerprint density at radius 3 is 2.19 bits per heavy atom. The van der Waals surface area contributed by atoms with Gasteiger partial charge in [0.15, 0.2) is 0 Å². The molecule has 1 saturated heterocycles. The fourth-order valence-corrected chi connectivity index (χ4v) is 5.89. The van der Waals surface area contributed by atoms with Gasteiger partial charge in [0.2, 0.25) is 15.9 Å². The second-order valence-electron chi connectivity index (χ2n) is 9.17. The van der Waals surface area contributed by atoms with Gasteiger partial charge in [-0.1, -0.05) is 38.1 Å². The zero-order valence-corrected chi connectivity index (χ0v) is 21.6. The Morgan fingerprint density at radius 2 is 1.58 bits per heavy atom. The molecule has 0 bridgehead atoms. The van der Waals surface area contributed by atoms with Crippen molar-refractivity contribution < 1.29 is 22.7 Å². The van der Waals surface area contributed by atoms with Crippen molar-refractivity contribution in [2.45, 2.75) is 37.5 Å². The lowest BCUT2D eigenvalue weighted by Crippen LogP contribution is -2.41. The number of carbonyl (C=O) groups excluding carboxylic acids is 1. The van der Waals surface area contributed by atoms with Crippen molar-refractivity contribution in [3.05, 3.63) is 78.4 Å². The first-order valence-electron chi connectivity index (χ1n) is 12.1. The number of sulfonamides is 1. The quantitative estimate of drug-likeness (QED) is 0.425. The minimum Gasteiger partial charge on any atom is -0.495 e. The van der Waals surface area contributed by atoms with Gasteiger partial charge in [0.1, 0.15) is 22.1 Å². The van der Waals surface area contributed by atoms with Crippen LogP contribution in [0.5, 0.6) is 17.2 Å². The molecule has 190 valence electrons. The highest BCUT2D eigenvalue weighted by atomic mass is 32.2. The molecule has 0 atom stereocenters. The largest absolute Gasteiger partial charge is 0.495 e. The Labute approximate surface area is 213 Å². The van der Waals surface area contributed by atoms with Gasteiger partial charge in [-0.05, 0) is 72.9 Å². The van der Waals surface area contributed by atoms with Gasteiger partial charge < -0.3 is 14.8 Å². The van der Waals surface area contributed by atoms with E-state index in [-0.39, 0.29) is 35.7 Å². The molecule has 36 heavy (non-hydrogen) atoms. The van der Waals surface area contributed by atoms with E-state index in [4.69, 9.17) is 9.47 Å². The first-order valence-corrected chi connectivity index (χ1v) is 13.5. The number of nitrogens with one attached hydrogen (secondary N) is 1. The Bertz CT molecular complexity index is 1280. The van der Waals surface area contributed by atoms with E-state index in [0.717, 1.165) is 11.3 Å². The van der Waals surface area contributed by atoms with Crippen molar-refractivity contribution in [3.8, 4) is 17.2 Å². The average molecular weight is 509 g/mol. The minimum atomic E-state index is -3.74. The number of benzene rings is 3. The van der Waals surface area contributed by atoms with Crippen LogP contribution in [0.1, 0.15) is 38.2 Å². The van der Waals surface area contributed by atoms with Crippen LogP contribution in [-0.2, 0) is 14.8 Å². The number of para-hydroxylation sites is 1. The van der Waals surface area contributed by atoms with E-state index in [2.05, 4.69) is 5.32 Å². The van der Waals surface area contributed by atoms with Gasteiger partial charge in [0.05, 0.1) is 7.11 Å². The van der Waals surface area contributed by atoms with E-state index < -0.39 is 10.0 Å². The molecule has 4 rings (SSSR count). The second-order valence-corrected chi connectivity index (χ2v) is 11.1. The Hall–Kier alpha value is -3.36. The highest BCUT2D eigenvalue weighted by Gasteiger charge is 2.34.